The molecule has 0 radical (unpaired) electrons. The molecule has 0 aliphatic heterocycles. The molecule has 2 aromatic carbocycles. The number of benzene rings is 2. The molecule has 9 heteroatoms. The van der Waals surface area contributed by atoms with Crippen molar-refractivity contribution in [1.29, 1.82) is 0 Å². The van der Waals surface area contributed by atoms with Crippen LogP contribution in [0.2, 0.25) is 0 Å². The number of aryl methyl sites for hydroxylation is 2. The first-order chi connectivity index (χ1) is 12.8. The Morgan fingerprint density at radius 2 is 2.07 bits per heavy atom. The smallest absolute Gasteiger partial charge is 0.323 e. The largest absolute Gasteiger partial charge is 0.504 e. The maximum Gasteiger partial charge on any atom is 0.323 e. The Kier molecular flexibility index (Phi) is 6.32. The Balaban J connectivity index is 2.04. The molecule has 1 amide bonds. The van der Waals surface area contributed by atoms with Gasteiger partial charge in [0.15, 0.2) is 12.4 Å². The molecule has 0 bridgehead atoms. The topological polar surface area (TPSA) is 123 Å². The first kappa shape index (κ1) is 19.7. The third-order valence-corrected chi connectivity index (χ3v) is 3.62. The summed E-state index contributed by atoms with van der Waals surface area (Å²) in [5, 5.41) is 24.5. The van der Waals surface area contributed by atoms with Crippen LogP contribution in [0.5, 0.6) is 17.2 Å². The van der Waals surface area contributed by atoms with Gasteiger partial charge in [-0.25, -0.2) is 5.43 Å². The van der Waals surface area contributed by atoms with Crippen molar-refractivity contribution >= 4 is 17.8 Å². The van der Waals surface area contributed by atoms with Crippen molar-refractivity contribution in [2.24, 2.45) is 5.10 Å². The molecule has 0 atom stereocenters. The van der Waals surface area contributed by atoms with Gasteiger partial charge in [0, 0.05) is 0 Å². The quantitative estimate of drug-likeness (QED) is 0.436. The van der Waals surface area contributed by atoms with Crippen LogP contribution < -0.4 is 14.9 Å². The average Bonchev–Trinajstić information content (AvgIpc) is 2.63. The minimum atomic E-state index is -0.703. The number of hydrazone groups is 1. The second-order valence-electron chi connectivity index (χ2n) is 5.66. The second-order valence-corrected chi connectivity index (χ2v) is 5.66. The van der Waals surface area contributed by atoms with Crippen molar-refractivity contribution in [2.75, 3.05) is 13.7 Å². The van der Waals surface area contributed by atoms with Crippen LogP contribution in [0.1, 0.15) is 16.7 Å². The maximum absolute atomic E-state index is 11.9. The molecule has 0 fully saturated rings. The summed E-state index contributed by atoms with van der Waals surface area (Å²) in [6.45, 7) is 3.51. The lowest BCUT2D eigenvalue weighted by Gasteiger charge is -2.09. The number of nitrogens with zero attached hydrogens (tertiary/aromatic N) is 2. The number of nitro benzene ring substituents is 1. The zero-order valence-electron chi connectivity index (χ0n) is 15.1. The van der Waals surface area contributed by atoms with Crippen LogP contribution in [0.15, 0.2) is 35.4 Å². The summed E-state index contributed by atoms with van der Waals surface area (Å²) in [4.78, 5) is 22.4. The number of hydrogen-bond donors (Lipinski definition) is 2. The highest BCUT2D eigenvalue weighted by Crippen LogP contribution is 2.37. The number of nitro groups is 1. The van der Waals surface area contributed by atoms with Crippen LogP contribution in [0.4, 0.5) is 5.69 Å². The Morgan fingerprint density at radius 1 is 1.33 bits per heavy atom. The van der Waals surface area contributed by atoms with Gasteiger partial charge in [0.05, 0.1) is 23.8 Å². The van der Waals surface area contributed by atoms with Gasteiger partial charge in [0.1, 0.15) is 5.75 Å². The number of ether oxygens (including phenoxy) is 2. The van der Waals surface area contributed by atoms with Crippen molar-refractivity contribution in [3.05, 3.63) is 57.1 Å². The monoisotopic (exact) mass is 373 g/mol. The van der Waals surface area contributed by atoms with E-state index in [9.17, 15) is 20.0 Å². The molecule has 0 aliphatic rings. The summed E-state index contributed by atoms with van der Waals surface area (Å²) in [5.41, 5.74) is 3.73. The number of aromatic hydroxyl groups is 1. The molecule has 9 nitrogen and oxygen atoms in total. The lowest BCUT2D eigenvalue weighted by atomic mass is 10.1. The predicted octanol–water partition coefficient (Wildman–Crippen LogP) is 2.45. The van der Waals surface area contributed by atoms with E-state index in [4.69, 9.17) is 9.47 Å². The lowest BCUT2D eigenvalue weighted by molar-refractivity contribution is -0.386. The van der Waals surface area contributed by atoms with Gasteiger partial charge in [-0.15, -0.1) is 0 Å². The molecular weight excluding hydrogens is 354 g/mol. The molecule has 27 heavy (non-hydrogen) atoms. The summed E-state index contributed by atoms with van der Waals surface area (Å²) >= 11 is 0. The van der Waals surface area contributed by atoms with Gasteiger partial charge in [-0.2, -0.15) is 5.10 Å². The minimum Gasteiger partial charge on any atom is -0.504 e. The Hall–Kier alpha value is -3.62. The molecule has 0 aliphatic carbocycles. The standard InChI is InChI=1S/C18H19N3O6/c1-11-4-5-12(2)15(8-11)27-10-16(23)20-19-9-13-6-7-14(22)18(26-3)17(13)21(24)25/h4-9,22H,10H2,1-3H3,(H,20,23). The zero-order valence-corrected chi connectivity index (χ0v) is 15.1. The van der Waals surface area contributed by atoms with Gasteiger partial charge in [-0.05, 0) is 43.2 Å². The van der Waals surface area contributed by atoms with E-state index in [0.717, 1.165) is 17.3 Å². The molecule has 0 saturated carbocycles. The summed E-state index contributed by atoms with van der Waals surface area (Å²) in [6.07, 6.45) is 1.09. The van der Waals surface area contributed by atoms with E-state index in [1.54, 1.807) is 0 Å². The number of phenolic OH excluding ortho intramolecular Hbond substituents is 1. The third-order valence-electron chi connectivity index (χ3n) is 3.62. The summed E-state index contributed by atoms with van der Waals surface area (Å²) < 4.78 is 10.3. The van der Waals surface area contributed by atoms with Gasteiger partial charge < -0.3 is 14.6 Å². The first-order valence-electron chi connectivity index (χ1n) is 7.89. The Morgan fingerprint density at radius 3 is 2.74 bits per heavy atom. The highest BCUT2D eigenvalue weighted by Gasteiger charge is 2.23. The van der Waals surface area contributed by atoms with E-state index < -0.39 is 16.5 Å². The predicted molar refractivity (Wildman–Crippen MR) is 98.5 cm³/mol. The van der Waals surface area contributed by atoms with Crippen LogP contribution in [-0.4, -0.2) is 35.9 Å². The van der Waals surface area contributed by atoms with Crippen molar-refractivity contribution in [3.8, 4) is 17.2 Å². The summed E-state index contributed by atoms with van der Waals surface area (Å²) in [6, 6.07) is 8.16. The van der Waals surface area contributed by atoms with Gasteiger partial charge >= 0.3 is 5.69 Å². The Bertz CT molecular complexity index is 895. The van der Waals surface area contributed by atoms with Crippen molar-refractivity contribution in [3.63, 3.8) is 0 Å². The van der Waals surface area contributed by atoms with E-state index in [-0.39, 0.29) is 23.7 Å². The highest BCUT2D eigenvalue weighted by molar-refractivity contribution is 5.89. The highest BCUT2D eigenvalue weighted by atomic mass is 16.6. The molecule has 142 valence electrons. The minimum absolute atomic E-state index is 0.0606. The number of phenols is 1. The van der Waals surface area contributed by atoms with Gasteiger partial charge in [-0.3, -0.25) is 14.9 Å². The average molecular weight is 373 g/mol. The van der Waals surface area contributed by atoms with Crippen LogP contribution in [-0.2, 0) is 4.79 Å². The number of amides is 1. The lowest BCUT2D eigenvalue weighted by Crippen LogP contribution is -2.24. The molecule has 2 N–H and O–H groups in total. The molecular formula is C18H19N3O6. The van der Waals surface area contributed by atoms with Gasteiger partial charge in [0.2, 0.25) is 5.75 Å². The zero-order chi connectivity index (χ0) is 20.0. The fraction of sp³-hybridized carbons (Fsp3) is 0.222. The summed E-state index contributed by atoms with van der Waals surface area (Å²) in [5.74, 6) is -0.588. The molecule has 0 heterocycles. The van der Waals surface area contributed by atoms with Crippen molar-refractivity contribution < 1.29 is 24.3 Å². The number of rotatable bonds is 7. The van der Waals surface area contributed by atoms with Crippen LogP contribution >= 0.6 is 0 Å². The normalized spacial score (nSPS) is 10.6. The maximum atomic E-state index is 11.9. The Labute approximate surface area is 155 Å². The van der Waals surface area contributed by atoms with E-state index in [1.165, 1.54) is 19.2 Å². The van der Waals surface area contributed by atoms with Crippen molar-refractivity contribution in [2.45, 2.75) is 13.8 Å². The van der Waals surface area contributed by atoms with E-state index in [2.05, 4.69) is 10.5 Å². The van der Waals surface area contributed by atoms with E-state index >= 15 is 0 Å². The number of hydrogen-bond acceptors (Lipinski definition) is 7. The van der Waals surface area contributed by atoms with Gasteiger partial charge in [-0.1, -0.05) is 12.1 Å². The molecule has 0 unspecified atom stereocenters. The molecule has 2 rings (SSSR count). The fourth-order valence-electron chi connectivity index (χ4n) is 2.28. The SMILES string of the molecule is COc1c(O)ccc(C=NNC(=O)COc2cc(C)ccc2C)c1[N+](=O)[O-]. The summed E-state index contributed by atoms with van der Waals surface area (Å²) in [7, 11) is 1.20. The van der Waals surface area contributed by atoms with Crippen LogP contribution in [0, 0.1) is 24.0 Å². The number of carbonyl (C=O) groups excluding carboxylic acids is 1. The fourth-order valence-corrected chi connectivity index (χ4v) is 2.28. The van der Waals surface area contributed by atoms with Crippen LogP contribution in [0.3, 0.4) is 0 Å². The first-order valence-corrected chi connectivity index (χ1v) is 7.89. The van der Waals surface area contributed by atoms with Crippen LogP contribution in [0.25, 0.3) is 0 Å². The number of nitrogens with one attached hydrogen (secondary N) is 1. The third kappa shape index (κ3) is 4.94. The van der Waals surface area contributed by atoms with E-state index in [0.29, 0.717) is 5.75 Å². The van der Waals surface area contributed by atoms with E-state index in [1.807, 2.05) is 32.0 Å². The number of carbonyl (C=O) groups is 1. The number of methoxy groups -OCH3 is 1. The molecule has 0 spiro atoms. The van der Waals surface area contributed by atoms with Crippen molar-refractivity contribution in [1.82, 2.24) is 5.43 Å². The van der Waals surface area contributed by atoms with Gasteiger partial charge in [0.25, 0.3) is 5.91 Å². The molecule has 0 aromatic heterocycles. The molecule has 2 aromatic rings. The molecule has 0 saturated heterocycles. The second kappa shape index (κ2) is 8.65.